The average molecular weight is 314 g/mol. The number of hydrogen-bond donors (Lipinski definition) is 0. The summed E-state index contributed by atoms with van der Waals surface area (Å²) < 4.78 is 16.7. The van der Waals surface area contributed by atoms with E-state index in [4.69, 9.17) is 13.9 Å². The molecule has 0 saturated carbocycles. The lowest BCUT2D eigenvalue weighted by Crippen LogP contribution is -2.27. The van der Waals surface area contributed by atoms with E-state index in [-0.39, 0.29) is 0 Å². The topological polar surface area (TPSA) is 47.7 Å². The van der Waals surface area contributed by atoms with E-state index in [2.05, 4.69) is 9.88 Å². The van der Waals surface area contributed by atoms with E-state index in [1.54, 1.807) is 7.11 Å². The third-order valence-corrected chi connectivity index (χ3v) is 4.99. The molecule has 1 unspecified atom stereocenters. The van der Waals surface area contributed by atoms with Crippen LogP contribution in [0.2, 0.25) is 0 Å². The third kappa shape index (κ3) is 2.99. The van der Waals surface area contributed by atoms with Gasteiger partial charge in [0.05, 0.1) is 26.5 Å². The van der Waals surface area contributed by atoms with Crippen LogP contribution in [0.1, 0.15) is 18.7 Å². The number of likely N-dealkylation sites (tertiary alicyclic amines) is 1. The van der Waals surface area contributed by atoms with Gasteiger partial charge in [-0.15, -0.1) is 0 Å². The van der Waals surface area contributed by atoms with Crippen molar-refractivity contribution in [1.82, 2.24) is 9.88 Å². The van der Waals surface area contributed by atoms with Crippen LogP contribution in [-0.4, -0.2) is 43.3 Å². The van der Waals surface area contributed by atoms with Crippen LogP contribution < -0.4 is 4.74 Å². The normalized spacial score (nSPS) is 24.6. The summed E-state index contributed by atoms with van der Waals surface area (Å²) in [6.45, 7) is 4.79. The Balaban J connectivity index is 1.42. The molecule has 2 fully saturated rings. The molecule has 2 aromatic rings. The second-order valence-electron chi connectivity index (χ2n) is 6.61. The molecule has 5 heteroatoms. The second-order valence-corrected chi connectivity index (χ2v) is 6.61. The van der Waals surface area contributed by atoms with Gasteiger partial charge in [-0.1, -0.05) is 0 Å². The number of benzene rings is 1. The molecule has 3 heterocycles. The Morgan fingerprint density at radius 3 is 2.87 bits per heavy atom. The van der Waals surface area contributed by atoms with Gasteiger partial charge in [-0.05, 0) is 43.7 Å². The summed E-state index contributed by atoms with van der Waals surface area (Å²) in [6.07, 6.45) is 4.22. The van der Waals surface area contributed by atoms with Crippen LogP contribution >= 0.6 is 0 Å². The van der Waals surface area contributed by atoms with Gasteiger partial charge < -0.3 is 13.9 Å². The molecule has 1 atom stereocenters. The molecule has 122 valence electrons. The zero-order chi connectivity index (χ0) is 15.7. The lowest BCUT2D eigenvalue weighted by Gasteiger charge is -2.21. The maximum absolute atomic E-state index is 5.93. The molecular weight excluding hydrogens is 292 g/mol. The number of ether oxygens (including phenoxy) is 2. The van der Waals surface area contributed by atoms with Gasteiger partial charge in [0, 0.05) is 24.1 Å². The molecule has 0 aliphatic carbocycles. The molecule has 23 heavy (non-hydrogen) atoms. The first kappa shape index (κ1) is 14.7. The predicted molar refractivity (Wildman–Crippen MR) is 86.3 cm³/mol. The number of rotatable bonds is 4. The summed E-state index contributed by atoms with van der Waals surface area (Å²) in [5.41, 5.74) is 1.40. The Hall–Kier alpha value is -1.85. The van der Waals surface area contributed by atoms with E-state index < -0.39 is 0 Å². The highest BCUT2D eigenvalue weighted by atomic mass is 16.5. The van der Waals surface area contributed by atoms with Crippen molar-refractivity contribution in [2.75, 3.05) is 33.4 Å². The zero-order valence-electron chi connectivity index (χ0n) is 13.5. The van der Waals surface area contributed by atoms with Crippen molar-refractivity contribution in [3.8, 4) is 17.1 Å². The highest BCUT2D eigenvalue weighted by Gasteiger charge is 2.41. The average Bonchev–Trinajstić information content (AvgIpc) is 3.31. The van der Waals surface area contributed by atoms with E-state index in [9.17, 15) is 0 Å². The van der Waals surface area contributed by atoms with E-state index in [0.717, 1.165) is 55.8 Å². The first-order chi connectivity index (χ1) is 11.3. The van der Waals surface area contributed by atoms with Gasteiger partial charge in [0.1, 0.15) is 5.75 Å². The fraction of sp³-hybridized carbons (Fsp3) is 0.500. The molecule has 2 aliphatic rings. The van der Waals surface area contributed by atoms with Crippen LogP contribution in [0.25, 0.3) is 11.3 Å². The van der Waals surface area contributed by atoms with Crippen LogP contribution in [0.3, 0.4) is 0 Å². The third-order valence-electron chi connectivity index (χ3n) is 4.99. The number of oxazole rings is 1. The highest BCUT2D eigenvalue weighted by Crippen LogP contribution is 2.38. The summed E-state index contributed by atoms with van der Waals surface area (Å²) in [5.74, 6) is 2.43. The Labute approximate surface area is 136 Å². The van der Waals surface area contributed by atoms with Gasteiger partial charge >= 0.3 is 0 Å². The van der Waals surface area contributed by atoms with Crippen LogP contribution in [0, 0.1) is 5.41 Å². The number of aromatic nitrogens is 1. The second kappa shape index (κ2) is 5.98. The minimum Gasteiger partial charge on any atom is -0.497 e. The molecule has 0 radical (unpaired) electrons. The molecule has 1 aromatic carbocycles. The van der Waals surface area contributed by atoms with Crippen LogP contribution in [0.5, 0.6) is 5.75 Å². The number of methoxy groups -OCH3 is 1. The fourth-order valence-electron chi connectivity index (χ4n) is 3.60. The fourth-order valence-corrected chi connectivity index (χ4v) is 3.60. The van der Waals surface area contributed by atoms with E-state index in [1.807, 2.05) is 30.5 Å². The summed E-state index contributed by atoms with van der Waals surface area (Å²) in [5, 5.41) is 0. The minimum atomic E-state index is 0.380. The molecule has 1 spiro atoms. The van der Waals surface area contributed by atoms with Crippen LogP contribution in [-0.2, 0) is 11.3 Å². The van der Waals surface area contributed by atoms with Gasteiger partial charge in [-0.25, -0.2) is 4.98 Å². The van der Waals surface area contributed by atoms with Crippen molar-refractivity contribution in [1.29, 1.82) is 0 Å². The maximum atomic E-state index is 5.93. The summed E-state index contributed by atoms with van der Waals surface area (Å²) >= 11 is 0. The van der Waals surface area contributed by atoms with Gasteiger partial charge in [-0.3, -0.25) is 4.90 Å². The van der Waals surface area contributed by atoms with Crippen molar-refractivity contribution in [3.63, 3.8) is 0 Å². The molecule has 4 rings (SSSR count). The molecular formula is C18H22N2O3. The van der Waals surface area contributed by atoms with Crippen molar-refractivity contribution < 1.29 is 13.9 Å². The lowest BCUT2D eigenvalue weighted by atomic mass is 9.87. The van der Waals surface area contributed by atoms with Crippen molar-refractivity contribution >= 4 is 0 Å². The molecule has 0 bridgehead atoms. The van der Waals surface area contributed by atoms with Crippen LogP contribution in [0.4, 0.5) is 0 Å². The Kier molecular flexibility index (Phi) is 3.83. The lowest BCUT2D eigenvalue weighted by molar-refractivity contribution is 0.150. The quantitative estimate of drug-likeness (QED) is 0.868. The van der Waals surface area contributed by atoms with E-state index >= 15 is 0 Å². The van der Waals surface area contributed by atoms with Crippen molar-refractivity contribution in [2.45, 2.75) is 19.4 Å². The molecule has 2 saturated heterocycles. The predicted octanol–water partition coefficient (Wildman–Crippen LogP) is 2.96. The number of nitrogens with zero attached hydrogens (tertiary/aromatic N) is 2. The molecule has 0 amide bonds. The first-order valence-corrected chi connectivity index (χ1v) is 8.16. The molecule has 5 nitrogen and oxygen atoms in total. The summed E-state index contributed by atoms with van der Waals surface area (Å²) in [7, 11) is 1.67. The molecule has 2 aliphatic heterocycles. The zero-order valence-corrected chi connectivity index (χ0v) is 13.5. The maximum Gasteiger partial charge on any atom is 0.209 e. The Morgan fingerprint density at radius 2 is 2.13 bits per heavy atom. The Morgan fingerprint density at radius 1 is 1.26 bits per heavy atom. The SMILES string of the molecule is COc1ccc(-c2cnc(CN3CCC4(CCOC4)C3)o2)cc1. The van der Waals surface area contributed by atoms with Gasteiger partial charge in [0.25, 0.3) is 0 Å². The summed E-state index contributed by atoms with van der Waals surface area (Å²) in [4.78, 5) is 6.87. The first-order valence-electron chi connectivity index (χ1n) is 8.16. The summed E-state index contributed by atoms with van der Waals surface area (Å²) in [6, 6.07) is 7.84. The highest BCUT2D eigenvalue weighted by molar-refractivity contribution is 5.57. The van der Waals surface area contributed by atoms with Gasteiger partial charge in [0.2, 0.25) is 5.89 Å². The largest absolute Gasteiger partial charge is 0.497 e. The van der Waals surface area contributed by atoms with Crippen molar-refractivity contribution in [3.05, 3.63) is 36.4 Å². The van der Waals surface area contributed by atoms with E-state index in [0.29, 0.717) is 5.41 Å². The monoisotopic (exact) mass is 314 g/mol. The van der Waals surface area contributed by atoms with Gasteiger partial charge in [0.15, 0.2) is 5.76 Å². The smallest absolute Gasteiger partial charge is 0.209 e. The number of hydrogen-bond acceptors (Lipinski definition) is 5. The van der Waals surface area contributed by atoms with Gasteiger partial charge in [-0.2, -0.15) is 0 Å². The molecule has 1 aromatic heterocycles. The molecule has 0 N–H and O–H groups in total. The van der Waals surface area contributed by atoms with E-state index in [1.165, 1.54) is 12.8 Å². The minimum absolute atomic E-state index is 0.380. The Bertz CT molecular complexity index is 659. The van der Waals surface area contributed by atoms with Crippen LogP contribution in [0.15, 0.2) is 34.9 Å². The van der Waals surface area contributed by atoms with Crippen molar-refractivity contribution in [2.24, 2.45) is 5.41 Å². The standard InChI is InChI=1S/C18H22N2O3/c1-21-15-4-2-14(3-5-15)16-10-19-17(23-16)11-20-8-6-18(12-20)7-9-22-13-18/h2-5,10H,6-9,11-13H2,1H3.